The van der Waals surface area contributed by atoms with Crippen LogP contribution in [0.25, 0.3) is 0 Å². The molecule has 76 valence electrons. The average molecular weight is 326 g/mol. The molecule has 0 nitrogen and oxygen atoms in total. The molecule has 0 radical (unpaired) electrons. The van der Waals surface area contributed by atoms with E-state index in [1.165, 1.54) is 9.81 Å². The molecule has 0 saturated carbocycles. The van der Waals surface area contributed by atoms with Gasteiger partial charge in [0, 0.05) is 10.8 Å². The van der Waals surface area contributed by atoms with Gasteiger partial charge in [0.15, 0.2) is 0 Å². The molecule has 4 heteroatoms. The minimum Gasteiger partial charge on any atom is -1.00 e. The van der Waals surface area contributed by atoms with Gasteiger partial charge in [-0.05, 0) is 10.8 Å². The fourth-order valence-corrected chi connectivity index (χ4v) is 2.52. The number of allylic oxidation sites excluding steroid dienone is 6. The Labute approximate surface area is 122 Å². The Hall–Kier alpha value is 1.03. The third-order valence-corrected chi connectivity index (χ3v) is 3.54. The molecule has 2 aliphatic rings. The van der Waals surface area contributed by atoms with E-state index in [2.05, 4.69) is 38.2 Å². The molecule has 2 rings (SSSR count). The molecular weight excluding hydrogens is 314 g/mol. The molecular formula is C10H12Cl2SZr. The average Bonchev–Trinajstić information content (AvgIpc) is 2.40. The fourth-order valence-electron chi connectivity index (χ4n) is 1.37. The van der Waals surface area contributed by atoms with Gasteiger partial charge in [0.05, 0.1) is 0 Å². The first-order valence-electron chi connectivity index (χ1n) is 4.05. The number of rotatable bonds is 1. The summed E-state index contributed by atoms with van der Waals surface area (Å²) >= 11 is 1.95. The maximum atomic E-state index is 2.38. The summed E-state index contributed by atoms with van der Waals surface area (Å²) in [6.45, 7) is 4.51. The summed E-state index contributed by atoms with van der Waals surface area (Å²) in [5.74, 6) is 1.32. The van der Waals surface area contributed by atoms with Gasteiger partial charge >= 0.3 is 26.2 Å². The molecule has 0 N–H and O–H groups in total. The SMILES string of the molecule is CC(C)C1=CC2C=CC=C2S1.[Cl-].[Cl-].[Zr+2]. The minimum absolute atomic E-state index is 0. The van der Waals surface area contributed by atoms with E-state index in [1.807, 2.05) is 11.8 Å². The van der Waals surface area contributed by atoms with Crippen molar-refractivity contribution in [2.75, 3.05) is 0 Å². The molecule has 0 bridgehead atoms. The van der Waals surface area contributed by atoms with Crippen molar-refractivity contribution in [2.24, 2.45) is 11.8 Å². The summed E-state index contributed by atoms with van der Waals surface area (Å²) in [5, 5.41) is 0. The molecule has 1 aliphatic heterocycles. The molecule has 0 aromatic heterocycles. The van der Waals surface area contributed by atoms with Crippen LogP contribution in [0.4, 0.5) is 0 Å². The number of thioether (sulfide) groups is 1. The topological polar surface area (TPSA) is 0 Å². The molecule has 1 aliphatic carbocycles. The molecule has 1 unspecified atom stereocenters. The molecule has 0 fully saturated rings. The minimum atomic E-state index is 0. The van der Waals surface area contributed by atoms with Crippen LogP contribution in [0.5, 0.6) is 0 Å². The summed E-state index contributed by atoms with van der Waals surface area (Å²) < 4.78 is 0. The van der Waals surface area contributed by atoms with Gasteiger partial charge in [0.2, 0.25) is 0 Å². The van der Waals surface area contributed by atoms with Crippen LogP contribution in [0, 0.1) is 11.8 Å². The van der Waals surface area contributed by atoms with Crippen LogP contribution in [0.1, 0.15) is 13.8 Å². The second kappa shape index (κ2) is 7.33. The summed E-state index contributed by atoms with van der Waals surface area (Å²) in [4.78, 5) is 3.04. The van der Waals surface area contributed by atoms with Gasteiger partial charge in [-0.3, -0.25) is 0 Å². The smallest absolute Gasteiger partial charge is 1.00 e. The second-order valence-electron chi connectivity index (χ2n) is 3.31. The largest absolute Gasteiger partial charge is 2.00 e. The van der Waals surface area contributed by atoms with E-state index in [4.69, 9.17) is 0 Å². The maximum absolute atomic E-state index is 2.38. The molecule has 0 aromatic rings. The Kier molecular flexibility index (Phi) is 9.13. The Morgan fingerprint density at radius 3 is 2.43 bits per heavy atom. The zero-order valence-electron chi connectivity index (χ0n) is 8.13. The monoisotopic (exact) mass is 324 g/mol. The Morgan fingerprint density at radius 2 is 1.93 bits per heavy atom. The summed E-state index contributed by atoms with van der Waals surface area (Å²) in [6.07, 6.45) is 9.02. The van der Waals surface area contributed by atoms with Crippen molar-refractivity contribution in [3.8, 4) is 0 Å². The second-order valence-corrected chi connectivity index (χ2v) is 4.45. The predicted octanol–water partition coefficient (Wildman–Crippen LogP) is -2.65. The first kappa shape index (κ1) is 17.4. The van der Waals surface area contributed by atoms with Crippen molar-refractivity contribution in [2.45, 2.75) is 13.8 Å². The molecule has 1 heterocycles. The Bertz CT molecular complexity index is 269. The van der Waals surface area contributed by atoms with Crippen molar-refractivity contribution in [3.63, 3.8) is 0 Å². The summed E-state index contributed by atoms with van der Waals surface area (Å²) in [6, 6.07) is 0. The van der Waals surface area contributed by atoms with E-state index in [-0.39, 0.29) is 51.0 Å². The first-order valence-corrected chi connectivity index (χ1v) is 4.87. The van der Waals surface area contributed by atoms with Gasteiger partial charge in [-0.1, -0.05) is 49.9 Å². The number of hydrogen-bond donors (Lipinski definition) is 0. The summed E-state index contributed by atoms with van der Waals surface area (Å²) in [7, 11) is 0. The predicted molar refractivity (Wildman–Crippen MR) is 51.2 cm³/mol. The first-order chi connectivity index (χ1) is 5.27. The molecule has 0 amide bonds. The zero-order valence-corrected chi connectivity index (χ0v) is 12.9. The Balaban J connectivity index is 0. The standard InChI is InChI=1S/C10H12S.2ClH.Zr/c1-7(2)10-6-8-4-3-5-9(8)11-10;;;/h3-8H,1-2H3;2*1H;/q;;;+2/p-2. The molecule has 0 aromatic carbocycles. The third-order valence-electron chi connectivity index (χ3n) is 2.06. The van der Waals surface area contributed by atoms with Crippen molar-refractivity contribution in [1.29, 1.82) is 0 Å². The van der Waals surface area contributed by atoms with Gasteiger partial charge in [0.1, 0.15) is 0 Å². The number of hydrogen-bond acceptors (Lipinski definition) is 1. The zero-order chi connectivity index (χ0) is 7.84. The maximum Gasteiger partial charge on any atom is 2.00 e. The number of halogens is 2. The van der Waals surface area contributed by atoms with E-state index in [0.29, 0.717) is 11.8 Å². The summed E-state index contributed by atoms with van der Waals surface area (Å²) in [5.41, 5.74) is 0. The molecule has 14 heavy (non-hydrogen) atoms. The van der Waals surface area contributed by atoms with E-state index >= 15 is 0 Å². The van der Waals surface area contributed by atoms with Crippen LogP contribution < -0.4 is 24.8 Å². The van der Waals surface area contributed by atoms with Crippen LogP contribution in [-0.4, -0.2) is 0 Å². The van der Waals surface area contributed by atoms with E-state index in [0.717, 1.165) is 0 Å². The normalized spacial score (nSPS) is 21.5. The van der Waals surface area contributed by atoms with E-state index in [9.17, 15) is 0 Å². The van der Waals surface area contributed by atoms with Gasteiger partial charge in [-0.25, -0.2) is 0 Å². The van der Waals surface area contributed by atoms with Crippen LogP contribution in [0.3, 0.4) is 0 Å². The van der Waals surface area contributed by atoms with Crippen LogP contribution in [0.15, 0.2) is 34.1 Å². The molecule has 0 spiro atoms. The van der Waals surface area contributed by atoms with Crippen LogP contribution in [0.2, 0.25) is 0 Å². The Morgan fingerprint density at radius 1 is 1.29 bits per heavy atom. The van der Waals surface area contributed by atoms with E-state index in [1.54, 1.807) is 0 Å². The third kappa shape index (κ3) is 3.56. The van der Waals surface area contributed by atoms with Crippen LogP contribution in [-0.2, 0) is 26.2 Å². The fraction of sp³-hybridized carbons (Fsp3) is 0.400. The molecule has 1 atom stereocenters. The van der Waals surface area contributed by atoms with Gasteiger partial charge < -0.3 is 24.8 Å². The van der Waals surface area contributed by atoms with E-state index < -0.39 is 0 Å². The van der Waals surface area contributed by atoms with Gasteiger partial charge in [0.25, 0.3) is 0 Å². The van der Waals surface area contributed by atoms with Crippen molar-refractivity contribution in [3.05, 3.63) is 34.1 Å². The van der Waals surface area contributed by atoms with Crippen molar-refractivity contribution >= 4 is 11.8 Å². The quantitative estimate of drug-likeness (QED) is 0.507. The van der Waals surface area contributed by atoms with Gasteiger partial charge in [-0.2, -0.15) is 0 Å². The van der Waals surface area contributed by atoms with Crippen molar-refractivity contribution < 1.29 is 51.0 Å². The molecule has 0 saturated heterocycles. The van der Waals surface area contributed by atoms with Crippen LogP contribution >= 0.6 is 11.8 Å². The van der Waals surface area contributed by atoms with Gasteiger partial charge in [-0.15, -0.1) is 0 Å². The van der Waals surface area contributed by atoms with Crippen molar-refractivity contribution in [1.82, 2.24) is 0 Å². The number of fused-ring (bicyclic) bond motifs is 1.